The Bertz CT molecular complexity index is 375. The predicted octanol–water partition coefficient (Wildman–Crippen LogP) is 4.31. The third kappa shape index (κ3) is 3.05. The van der Waals surface area contributed by atoms with Crippen molar-refractivity contribution < 1.29 is 0 Å². The number of nitrogens with zero attached hydrogens (tertiary/aromatic N) is 1. The minimum atomic E-state index is -1.28. The van der Waals surface area contributed by atoms with Gasteiger partial charge in [-0.3, -0.25) is 4.98 Å². The molecule has 0 aliphatic heterocycles. The molecule has 1 rings (SSSR count). The maximum absolute atomic E-state index is 4.47. The van der Waals surface area contributed by atoms with Gasteiger partial charge in [0.1, 0.15) is 0 Å². The second-order valence-electron chi connectivity index (χ2n) is 6.10. The van der Waals surface area contributed by atoms with Gasteiger partial charge in [0.15, 0.2) is 0 Å². The minimum Gasteiger partial charge on any atom is -0.262 e. The van der Waals surface area contributed by atoms with Crippen LogP contribution in [0.25, 0.3) is 6.08 Å². The molecule has 0 bridgehead atoms. The first-order valence-electron chi connectivity index (χ1n) is 5.84. The van der Waals surface area contributed by atoms with Crippen LogP contribution in [0, 0.1) is 0 Å². The lowest BCUT2D eigenvalue weighted by Gasteiger charge is -2.36. The van der Waals surface area contributed by atoms with Crippen LogP contribution in [0.4, 0.5) is 0 Å². The van der Waals surface area contributed by atoms with Crippen molar-refractivity contribution in [3.63, 3.8) is 0 Å². The van der Waals surface area contributed by atoms with Crippen LogP contribution in [-0.4, -0.2) is 13.1 Å². The Labute approximate surface area is 101 Å². The maximum atomic E-state index is 4.47. The van der Waals surface area contributed by atoms with Crippen molar-refractivity contribution in [2.24, 2.45) is 0 Å². The van der Waals surface area contributed by atoms with Crippen LogP contribution >= 0.6 is 0 Å². The first-order chi connectivity index (χ1) is 7.26. The van der Waals surface area contributed by atoms with E-state index in [1.54, 1.807) is 0 Å². The molecule has 1 heterocycles. The fourth-order valence-electron chi connectivity index (χ4n) is 1.44. The topological polar surface area (TPSA) is 12.9 Å². The average Bonchev–Trinajstić information content (AvgIpc) is 2.15. The lowest BCUT2D eigenvalue weighted by Crippen LogP contribution is -2.40. The van der Waals surface area contributed by atoms with E-state index in [9.17, 15) is 0 Å². The molecule has 0 aliphatic rings. The Morgan fingerprint density at radius 3 is 2.50 bits per heavy atom. The van der Waals surface area contributed by atoms with Crippen LogP contribution in [-0.2, 0) is 6.04 Å². The molecular weight excluding hydrogens is 210 g/mol. The zero-order valence-corrected chi connectivity index (χ0v) is 12.2. The molecular formula is C14H23NSi. The van der Waals surface area contributed by atoms with Gasteiger partial charge in [0.25, 0.3) is 0 Å². The lowest BCUT2D eigenvalue weighted by molar-refractivity contribution is 0.712. The van der Waals surface area contributed by atoms with E-state index in [4.69, 9.17) is 0 Å². The number of pyridine rings is 1. The van der Waals surface area contributed by atoms with Crippen LogP contribution in [0.3, 0.4) is 0 Å². The summed E-state index contributed by atoms with van der Waals surface area (Å²) >= 11 is 0. The molecule has 1 aromatic rings. The molecule has 0 spiro atoms. The van der Waals surface area contributed by atoms with Gasteiger partial charge >= 0.3 is 0 Å². The fourth-order valence-corrected chi connectivity index (χ4v) is 3.07. The molecule has 0 saturated carbocycles. The molecule has 88 valence electrons. The fraction of sp³-hybridized carbons (Fsp3) is 0.500. The van der Waals surface area contributed by atoms with Crippen LogP contribution in [0.15, 0.2) is 24.9 Å². The zero-order valence-electron chi connectivity index (χ0n) is 11.2. The molecule has 0 aromatic carbocycles. The summed E-state index contributed by atoms with van der Waals surface area (Å²) in [5, 5.41) is 0.416. The van der Waals surface area contributed by atoms with Crippen molar-refractivity contribution in [1.29, 1.82) is 0 Å². The van der Waals surface area contributed by atoms with Crippen molar-refractivity contribution in [2.75, 3.05) is 0 Å². The highest BCUT2D eigenvalue weighted by Gasteiger charge is 2.35. The summed E-state index contributed by atoms with van der Waals surface area (Å²) in [7, 11) is -1.28. The molecule has 0 atom stereocenters. The van der Waals surface area contributed by atoms with Crippen molar-refractivity contribution in [3.05, 3.63) is 36.2 Å². The third-order valence-electron chi connectivity index (χ3n) is 3.73. The minimum absolute atomic E-state index is 0.416. The summed E-state index contributed by atoms with van der Waals surface area (Å²) < 4.78 is 0. The Morgan fingerprint density at radius 1 is 1.38 bits per heavy atom. The molecule has 1 aromatic heterocycles. The van der Waals surface area contributed by atoms with E-state index in [2.05, 4.69) is 51.5 Å². The van der Waals surface area contributed by atoms with Gasteiger partial charge < -0.3 is 0 Å². The first kappa shape index (κ1) is 13.2. The van der Waals surface area contributed by atoms with Gasteiger partial charge in [-0.1, -0.05) is 46.5 Å². The Balaban J connectivity index is 2.92. The number of aromatic nitrogens is 1. The number of hydrogen-bond donors (Lipinski definition) is 0. The predicted molar refractivity (Wildman–Crippen MR) is 75.2 cm³/mol. The molecule has 0 N–H and O–H groups in total. The van der Waals surface area contributed by atoms with Crippen LogP contribution in [0.5, 0.6) is 0 Å². The molecule has 0 unspecified atom stereocenters. The molecule has 0 radical (unpaired) electrons. The largest absolute Gasteiger partial charge is 0.262 e. The normalized spacial score (nSPS) is 12.6. The molecule has 0 saturated heterocycles. The molecule has 1 nitrogen and oxygen atoms in total. The quantitative estimate of drug-likeness (QED) is 0.709. The SMILES string of the molecule is C=Cc1ccnc(C[Si](C)(C)C(C)(C)C)c1. The summed E-state index contributed by atoms with van der Waals surface area (Å²) in [5.41, 5.74) is 2.38. The first-order valence-corrected chi connectivity index (χ1v) is 9.04. The monoisotopic (exact) mass is 233 g/mol. The summed E-state index contributed by atoms with van der Waals surface area (Å²) in [6, 6.07) is 5.30. The highest BCUT2D eigenvalue weighted by Crippen LogP contribution is 2.37. The zero-order chi connectivity index (χ0) is 12.4. The Kier molecular flexibility index (Phi) is 3.74. The Hall–Kier alpha value is -0.893. The molecule has 16 heavy (non-hydrogen) atoms. The summed E-state index contributed by atoms with van der Waals surface area (Å²) in [6.07, 6.45) is 3.77. The Morgan fingerprint density at radius 2 is 2.00 bits per heavy atom. The van der Waals surface area contributed by atoms with Crippen LogP contribution in [0.2, 0.25) is 18.1 Å². The van der Waals surface area contributed by atoms with E-state index >= 15 is 0 Å². The molecule has 2 heteroatoms. The summed E-state index contributed by atoms with van der Waals surface area (Å²) in [5.74, 6) is 0. The van der Waals surface area contributed by atoms with Crippen molar-refractivity contribution in [3.8, 4) is 0 Å². The van der Waals surface area contributed by atoms with E-state index in [0.29, 0.717) is 5.04 Å². The summed E-state index contributed by atoms with van der Waals surface area (Å²) in [6.45, 7) is 15.7. The van der Waals surface area contributed by atoms with E-state index in [1.807, 2.05) is 18.3 Å². The highest BCUT2D eigenvalue weighted by molar-refractivity contribution is 6.79. The van der Waals surface area contributed by atoms with Gasteiger partial charge in [0, 0.05) is 11.9 Å². The van der Waals surface area contributed by atoms with Gasteiger partial charge in [-0.15, -0.1) is 0 Å². The lowest BCUT2D eigenvalue weighted by atomic mass is 10.2. The smallest absolute Gasteiger partial charge is 0.0590 e. The van der Waals surface area contributed by atoms with E-state index in [1.165, 1.54) is 11.3 Å². The third-order valence-corrected chi connectivity index (χ3v) is 9.04. The van der Waals surface area contributed by atoms with Crippen molar-refractivity contribution in [1.82, 2.24) is 4.98 Å². The summed E-state index contributed by atoms with van der Waals surface area (Å²) in [4.78, 5) is 4.47. The van der Waals surface area contributed by atoms with Gasteiger partial charge in [-0.2, -0.15) is 0 Å². The van der Waals surface area contributed by atoms with Crippen LogP contribution in [0.1, 0.15) is 32.0 Å². The van der Waals surface area contributed by atoms with E-state index < -0.39 is 8.07 Å². The molecule has 0 aliphatic carbocycles. The van der Waals surface area contributed by atoms with E-state index in [-0.39, 0.29) is 0 Å². The highest BCUT2D eigenvalue weighted by atomic mass is 28.3. The van der Waals surface area contributed by atoms with Gasteiger partial charge in [0.05, 0.1) is 8.07 Å². The molecule has 0 amide bonds. The van der Waals surface area contributed by atoms with Gasteiger partial charge in [0.2, 0.25) is 0 Å². The van der Waals surface area contributed by atoms with Gasteiger partial charge in [-0.25, -0.2) is 0 Å². The second-order valence-corrected chi connectivity index (χ2v) is 11.7. The second kappa shape index (κ2) is 4.54. The number of hydrogen-bond acceptors (Lipinski definition) is 1. The number of rotatable bonds is 3. The average molecular weight is 233 g/mol. The maximum Gasteiger partial charge on any atom is 0.0590 e. The van der Waals surface area contributed by atoms with Crippen molar-refractivity contribution in [2.45, 2.75) is 44.9 Å². The molecule has 0 fully saturated rings. The standard InChI is InChI=1S/C14H23NSi/c1-7-12-8-9-15-13(10-12)11-16(5,6)14(2,3)4/h7-10H,1,11H2,2-6H3. The van der Waals surface area contributed by atoms with Gasteiger partial charge in [-0.05, 0) is 28.8 Å². The van der Waals surface area contributed by atoms with Crippen molar-refractivity contribution >= 4 is 14.1 Å². The van der Waals surface area contributed by atoms with E-state index in [0.717, 1.165) is 6.04 Å². The van der Waals surface area contributed by atoms with Crippen LogP contribution < -0.4 is 0 Å².